The lowest BCUT2D eigenvalue weighted by Crippen LogP contribution is -2.11. The minimum atomic E-state index is 0.812. The molecule has 0 atom stereocenters. The van der Waals surface area contributed by atoms with Gasteiger partial charge in [0.1, 0.15) is 16.7 Å². The highest BCUT2D eigenvalue weighted by Gasteiger charge is 2.26. The lowest BCUT2D eigenvalue weighted by atomic mass is 9.96. The molecule has 2 heterocycles. The van der Waals surface area contributed by atoms with Crippen molar-refractivity contribution in [2.24, 2.45) is 0 Å². The van der Waals surface area contributed by atoms with Crippen molar-refractivity contribution in [2.75, 3.05) is 4.90 Å². The van der Waals surface area contributed by atoms with Crippen molar-refractivity contribution in [1.82, 2.24) is 0 Å². The third-order valence-corrected chi connectivity index (χ3v) is 11.1. The smallest absolute Gasteiger partial charge is 0.160 e. The number of anilines is 3. The largest absolute Gasteiger partial charge is 0.456 e. The second-order valence-electron chi connectivity index (χ2n) is 14.5. The predicted molar refractivity (Wildman–Crippen MR) is 237 cm³/mol. The van der Waals surface area contributed by atoms with E-state index in [0.29, 0.717) is 0 Å². The Morgan fingerprint density at radius 2 is 0.702 bits per heavy atom. The van der Waals surface area contributed by atoms with Crippen LogP contribution in [0.25, 0.3) is 88.4 Å². The van der Waals surface area contributed by atoms with Crippen LogP contribution in [0.4, 0.5) is 17.1 Å². The molecule has 0 saturated carbocycles. The molecule has 3 heteroatoms. The van der Waals surface area contributed by atoms with E-state index in [4.69, 9.17) is 8.83 Å². The van der Waals surface area contributed by atoms with E-state index in [1.807, 2.05) is 24.3 Å². The maximum atomic E-state index is 7.09. The molecule has 0 bridgehead atoms. The first kappa shape index (κ1) is 32.8. The highest BCUT2D eigenvalue weighted by atomic mass is 16.3. The van der Waals surface area contributed by atoms with Crippen molar-refractivity contribution < 1.29 is 8.83 Å². The molecule has 11 aromatic rings. The second-order valence-corrected chi connectivity index (χ2v) is 14.5. The van der Waals surface area contributed by atoms with Crippen LogP contribution in [0, 0.1) is 0 Å². The van der Waals surface area contributed by atoms with E-state index in [2.05, 4.69) is 193 Å². The maximum absolute atomic E-state index is 7.09. The quantitative estimate of drug-likeness (QED) is 0.164. The van der Waals surface area contributed by atoms with Crippen LogP contribution in [0.2, 0.25) is 0 Å². The predicted octanol–water partition coefficient (Wildman–Crippen LogP) is 15.6. The summed E-state index contributed by atoms with van der Waals surface area (Å²) in [4.78, 5) is 2.36. The van der Waals surface area contributed by atoms with Crippen LogP contribution < -0.4 is 4.90 Å². The Kier molecular flexibility index (Phi) is 7.82. The first-order chi connectivity index (χ1) is 28.3. The highest BCUT2D eigenvalue weighted by Crippen LogP contribution is 2.50. The lowest BCUT2D eigenvalue weighted by Gasteiger charge is -2.28. The molecule has 0 unspecified atom stereocenters. The van der Waals surface area contributed by atoms with Gasteiger partial charge in [-0.1, -0.05) is 164 Å². The van der Waals surface area contributed by atoms with Gasteiger partial charge in [-0.15, -0.1) is 0 Å². The summed E-state index contributed by atoms with van der Waals surface area (Å²) < 4.78 is 13.5. The summed E-state index contributed by atoms with van der Waals surface area (Å²) in [6.07, 6.45) is 0. The van der Waals surface area contributed by atoms with E-state index in [9.17, 15) is 0 Å². The van der Waals surface area contributed by atoms with E-state index in [0.717, 1.165) is 83.2 Å². The molecule has 57 heavy (non-hydrogen) atoms. The van der Waals surface area contributed by atoms with Crippen LogP contribution in [-0.2, 0) is 0 Å². The molecule has 2 aromatic heterocycles. The summed E-state index contributed by atoms with van der Waals surface area (Å²) >= 11 is 0. The zero-order chi connectivity index (χ0) is 37.7. The molecule has 0 amide bonds. The van der Waals surface area contributed by atoms with Gasteiger partial charge in [-0.3, -0.25) is 0 Å². The van der Waals surface area contributed by atoms with Crippen LogP contribution in [0.15, 0.2) is 221 Å². The number of fused-ring (bicyclic) bond motifs is 7. The summed E-state index contributed by atoms with van der Waals surface area (Å²) in [5.74, 6) is 0. The van der Waals surface area contributed by atoms with Crippen LogP contribution in [0.5, 0.6) is 0 Å². The first-order valence-electron chi connectivity index (χ1n) is 19.3. The normalized spacial score (nSPS) is 11.5. The average molecular weight is 730 g/mol. The molecule has 268 valence electrons. The van der Waals surface area contributed by atoms with Gasteiger partial charge in [0.2, 0.25) is 0 Å². The van der Waals surface area contributed by atoms with E-state index in [1.165, 1.54) is 22.3 Å². The highest BCUT2D eigenvalue weighted by molar-refractivity contribution is 6.27. The molecule has 0 aliphatic heterocycles. The average Bonchev–Trinajstić information content (AvgIpc) is 3.86. The molecule has 0 radical (unpaired) electrons. The van der Waals surface area contributed by atoms with Gasteiger partial charge in [0, 0.05) is 38.5 Å². The summed E-state index contributed by atoms with van der Waals surface area (Å²) in [5.41, 5.74) is 15.6. The standard InChI is InChI=1S/C54H35NO2/c1-4-12-36(13-5-1)39-20-22-42(23-21-39)45-32-33-47-52-50(35-34-49-51(52)46-18-10-11-19-48(46)56-49)57-54(47)53(45)55(43-28-24-40(25-29-43)37-14-6-2-7-15-37)44-30-26-41(27-31-44)38-16-8-3-9-17-38/h1-35H. The molecular formula is C54H35NO2. The van der Waals surface area contributed by atoms with Gasteiger partial charge >= 0.3 is 0 Å². The Morgan fingerprint density at radius 3 is 1.25 bits per heavy atom. The van der Waals surface area contributed by atoms with Crippen LogP contribution in [0.3, 0.4) is 0 Å². The Morgan fingerprint density at radius 1 is 0.281 bits per heavy atom. The van der Waals surface area contributed by atoms with Gasteiger partial charge in [0.15, 0.2) is 5.58 Å². The topological polar surface area (TPSA) is 29.5 Å². The maximum Gasteiger partial charge on any atom is 0.160 e. The molecule has 0 fully saturated rings. The fourth-order valence-electron chi connectivity index (χ4n) is 8.33. The third-order valence-electron chi connectivity index (χ3n) is 11.1. The number of nitrogens with zero attached hydrogens (tertiary/aromatic N) is 1. The van der Waals surface area contributed by atoms with Crippen molar-refractivity contribution in [2.45, 2.75) is 0 Å². The molecule has 9 aromatic carbocycles. The summed E-state index contributed by atoms with van der Waals surface area (Å²) in [5, 5.41) is 4.23. The Balaban J connectivity index is 1.18. The second kappa shape index (κ2) is 13.6. The zero-order valence-electron chi connectivity index (χ0n) is 31.0. The number of hydrogen-bond acceptors (Lipinski definition) is 3. The van der Waals surface area contributed by atoms with Crippen molar-refractivity contribution in [1.29, 1.82) is 0 Å². The van der Waals surface area contributed by atoms with Gasteiger partial charge in [-0.05, 0) is 87.5 Å². The molecule has 0 spiro atoms. The SMILES string of the molecule is c1ccc(-c2ccc(-c3ccc4c(oc5ccc6oc7ccccc7c6c54)c3N(c3ccc(-c4ccccc4)cc3)c3ccc(-c4ccccc4)cc3)cc2)cc1. The summed E-state index contributed by atoms with van der Waals surface area (Å²) in [6, 6.07) is 75.0. The first-order valence-corrected chi connectivity index (χ1v) is 19.3. The fraction of sp³-hybridized carbons (Fsp3) is 0. The molecular weight excluding hydrogens is 695 g/mol. The summed E-state index contributed by atoms with van der Waals surface area (Å²) in [7, 11) is 0. The van der Waals surface area contributed by atoms with Crippen LogP contribution in [-0.4, -0.2) is 0 Å². The lowest BCUT2D eigenvalue weighted by molar-refractivity contribution is 0.663. The number of benzene rings is 9. The minimum Gasteiger partial charge on any atom is -0.456 e. The molecule has 3 nitrogen and oxygen atoms in total. The Bertz CT molecular complexity index is 3100. The molecule has 0 N–H and O–H groups in total. The van der Waals surface area contributed by atoms with Gasteiger partial charge in [-0.2, -0.15) is 0 Å². The third kappa shape index (κ3) is 5.68. The van der Waals surface area contributed by atoms with E-state index >= 15 is 0 Å². The van der Waals surface area contributed by atoms with Gasteiger partial charge in [0.05, 0.1) is 5.69 Å². The van der Waals surface area contributed by atoms with Crippen molar-refractivity contribution >= 4 is 60.9 Å². The zero-order valence-corrected chi connectivity index (χ0v) is 31.0. The van der Waals surface area contributed by atoms with Crippen LogP contribution in [0.1, 0.15) is 0 Å². The number of hydrogen-bond donors (Lipinski definition) is 0. The van der Waals surface area contributed by atoms with Crippen LogP contribution >= 0.6 is 0 Å². The Labute approximate surface area is 330 Å². The van der Waals surface area contributed by atoms with Crippen molar-refractivity contribution in [3.63, 3.8) is 0 Å². The molecule has 0 saturated heterocycles. The monoisotopic (exact) mass is 729 g/mol. The van der Waals surface area contributed by atoms with Crippen molar-refractivity contribution in [3.05, 3.63) is 212 Å². The minimum absolute atomic E-state index is 0.812. The molecule has 0 aliphatic carbocycles. The number of para-hydroxylation sites is 1. The number of furan rings is 2. The Hall–Kier alpha value is -7.62. The van der Waals surface area contributed by atoms with Crippen molar-refractivity contribution in [3.8, 4) is 44.5 Å². The molecule has 11 rings (SSSR count). The van der Waals surface area contributed by atoms with Gasteiger partial charge in [0.25, 0.3) is 0 Å². The fourth-order valence-corrected chi connectivity index (χ4v) is 8.33. The number of rotatable bonds is 7. The van der Waals surface area contributed by atoms with E-state index in [-0.39, 0.29) is 0 Å². The van der Waals surface area contributed by atoms with E-state index < -0.39 is 0 Å². The molecule has 0 aliphatic rings. The van der Waals surface area contributed by atoms with E-state index in [1.54, 1.807) is 0 Å². The summed E-state index contributed by atoms with van der Waals surface area (Å²) in [6.45, 7) is 0. The van der Waals surface area contributed by atoms with Gasteiger partial charge in [-0.25, -0.2) is 0 Å². The van der Waals surface area contributed by atoms with Gasteiger partial charge < -0.3 is 13.7 Å².